The fraction of sp³-hybridized carbons (Fsp3) is 0.571. The van der Waals surface area contributed by atoms with E-state index >= 15 is 0 Å². The van der Waals surface area contributed by atoms with Gasteiger partial charge in [0.15, 0.2) is 0 Å². The predicted octanol–water partition coefficient (Wildman–Crippen LogP) is 2.06. The zero-order valence-electron chi connectivity index (χ0n) is 11.6. The Morgan fingerprint density at radius 2 is 2.11 bits per heavy atom. The molecule has 0 bridgehead atoms. The van der Waals surface area contributed by atoms with E-state index in [9.17, 15) is 0 Å². The summed E-state index contributed by atoms with van der Waals surface area (Å²) in [4.78, 5) is 8.24. The van der Waals surface area contributed by atoms with Crippen LogP contribution in [0.15, 0.2) is 31.2 Å². The van der Waals surface area contributed by atoms with E-state index in [4.69, 9.17) is 0 Å². The Morgan fingerprint density at radius 3 is 2.89 bits per heavy atom. The molecule has 0 unspecified atom stereocenters. The molecule has 2 rings (SSSR count). The molecule has 5 nitrogen and oxygen atoms in total. The van der Waals surface area contributed by atoms with Gasteiger partial charge in [-0.05, 0) is 25.8 Å². The van der Waals surface area contributed by atoms with Gasteiger partial charge in [0.05, 0.1) is 18.3 Å². The highest BCUT2D eigenvalue weighted by Crippen LogP contribution is 2.01. The van der Waals surface area contributed by atoms with Gasteiger partial charge in [-0.25, -0.2) is 9.97 Å². The number of nitrogens with zero attached hydrogens (tertiary/aromatic N) is 4. The number of nitrogens with one attached hydrogen (secondary N) is 1. The van der Waals surface area contributed by atoms with Gasteiger partial charge in [-0.2, -0.15) is 0 Å². The minimum Gasteiger partial charge on any atom is -0.337 e. The molecule has 5 heteroatoms. The van der Waals surface area contributed by atoms with Crippen molar-refractivity contribution < 1.29 is 0 Å². The van der Waals surface area contributed by atoms with Crippen molar-refractivity contribution in [1.29, 1.82) is 0 Å². The highest BCUT2D eigenvalue weighted by molar-refractivity contribution is 4.97. The van der Waals surface area contributed by atoms with Crippen LogP contribution in [-0.2, 0) is 19.6 Å². The number of unbranched alkanes of at least 4 members (excludes halogenated alkanes) is 1. The molecule has 0 saturated heterocycles. The van der Waals surface area contributed by atoms with Crippen molar-refractivity contribution in [2.45, 2.75) is 45.8 Å². The molecule has 0 atom stereocenters. The van der Waals surface area contributed by atoms with E-state index in [1.165, 1.54) is 18.5 Å². The van der Waals surface area contributed by atoms with Gasteiger partial charge >= 0.3 is 0 Å². The Balaban J connectivity index is 1.57. The SMILES string of the molecule is CCCn1cncc1CNCCCCn1ccnc1. The molecular formula is C14H23N5. The molecule has 2 aromatic rings. The lowest BCUT2D eigenvalue weighted by atomic mass is 10.3. The summed E-state index contributed by atoms with van der Waals surface area (Å²) in [5.74, 6) is 0. The summed E-state index contributed by atoms with van der Waals surface area (Å²) < 4.78 is 4.34. The van der Waals surface area contributed by atoms with Crippen LogP contribution in [0.3, 0.4) is 0 Å². The van der Waals surface area contributed by atoms with Crippen LogP contribution >= 0.6 is 0 Å². The first kappa shape index (κ1) is 13.8. The third kappa shape index (κ3) is 4.52. The van der Waals surface area contributed by atoms with Gasteiger partial charge in [-0.15, -0.1) is 0 Å². The van der Waals surface area contributed by atoms with E-state index < -0.39 is 0 Å². The number of hydrogen-bond donors (Lipinski definition) is 1. The van der Waals surface area contributed by atoms with Gasteiger partial charge in [-0.1, -0.05) is 6.92 Å². The van der Waals surface area contributed by atoms with Gasteiger partial charge in [0.25, 0.3) is 0 Å². The minimum absolute atomic E-state index is 0.908. The molecule has 0 aliphatic rings. The van der Waals surface area contributed by atoms with Crippen molar-refractivity contribution in [2.75, 3.05) is 6.54 Å². The van der Waals surface area contributed by atoms with E-state index in [1.807, 2.05) is 31.2 Å². The topological polar surface area (TPSA) is 47.7 Å². The standard InChI is InChI=1S/C14H23N5/c1-2-7-19-13-17-11-14(19)10-15-5-3-4-8-18-9-6-16-12-18/h6,9,11-13,15H,2-5,7-8,10H2,1H3. The molecule has 0 spiro atoms. The molecule has 2 heterocycles. The zero-order valence-corrected chi connectivity index (χ0v) is 11.6. The monoisotopic (exact) mass is 261 g/mol. The van der Waals surface area contributed by atoms with Crippen LogP contribution in [0.2, 0.25) is 0 Å². The normalized spacial score (nSPS) is 11.0. The van der Waals surface area contributed by atoms with E-state index in [2.05, 4.69) is 31.3 Å². The minimum atomic E-state index is 0.908. The Kier molecular flexibility index (Phi) is 5.62. The van der Waals surface area contributed by atoms with Crippen molar-refractivity contribution in [3.8, 4) is 0 Å². The van der Waals surface area contributed by atoms with Crippen molar-refractivity contribution >= 4 is 0 Å². The number of hydrogen-bond acceptors (Lipinski definition) is 3. The molecule has 0 amide bonds. The maximum Gasteiger partial charge on any atom is 0.0948 e. The summed E-state index contributed by atoms with van der Waals surface area (Å²) in [6.07, 6.45) is 13.1. The first-order valence-electron chi connectivity index (χ1n) is 7.05. The third-order valence-corrected chi connectivity index (χ3v) is 3.15. The predicted molar refractivity (Wildman–Crippen MR) is 75.7 cm³/mol. The second-order valence-corrected chi connectivity index (χ2v) is 4.76. The molecule has 0 aliphatic heterocycles. The van der Waals surface area contributed by atoms with Crippen molar-refractivity contribution in [1.82, 2.24) is 24.4 Å². The molecule has 2 aromatic heterocycles. The lowest BCUT2D eigenvalue weighted by Gasteiger charge is -2.08. The summed E-state index contributed by atoms with van der Waals surface area (Å²) >= 11 is 0. The third-order valence-electron chi connectivity index (χ3n) is 3.15. The van der Waals surface area contributed by atoms with E-state index in [0.29, 0.717) is 0 Å². The fourth-order valence-electron chi connectivity index (χ4n) is 2.12. The molecule has 0 fully saturated rings. The van der Waals surface area contributed by atoms with Crippen molar-refractivity contribution in [2.24, 2.45) is 0 Å². The van der Waals surface area contributed by atoms with E-state index in [0.717, 1.165) is 32.6 Å². The number of aryl methyl sites for hydroxylation is 2. The Hall–Kier alpha value is -1.62. The summed E-state index contributed by atoms with van der Waals surface area (Å²) in [5.41, 5.74) is 1.27. The highest BCUT2D eigenvalue weighted by atomic mass is 15.1. The lowest BCUT2D eigenvalue weighted by Crippen LogP contribution is -2.17. The average Bonchev–Trinajstić information content (AvgIpc) is 3.06. The first-order chi connectivity index (χ1) is 9.40. The smallest absolute Gasteiger partial charge is 0.0948 e. The number of imidazole rings is 2. The van der Waals surface area contributed by atoms with Crippen LogP contribution in [-0.4, -0.2) is 25.6 Å². The molecule has 0 aliphatic carbocycles. The number of rotatable bonds is 9. The molecule has 0 aromatic carbocycles. The second-order valence-electron chi connectivity index (χ2n) is 4.76. The van der Waals surface area contributed by atoms with Crippen molar-refractivity contribution in [3.63, 3.8) is 0 Å². The zero-order chi connectivity index (χ0) is 13.3. The van der Waals surface area contributed by atoms with E-state index in [1.54, 1.807) is 0 Å². The fourth-order valence-corrected chi connectivity index (χ4v) is 2.12. The molecule has 0 saturated carbocycles. The summed E-state index contributed by atoms with van der Waals surface area (Å²) in [5, 5.41) is 3.48. The summed E-state index contributed by atoms with van der Waals surface area (Å²) in [6.45, 7) is 6.25. The average molecular weight is 261 g/mol. The number of aromatic nitrogens is 4. The van der Waals surface area contributed by atoms with Crippen molar-refractivity contribution in [3.05, 3.63) is 36.9 Å². The molecule has 19 heavy (non-hydrogen) atoms. The Morgan fingerprint density at radius 1 is 1.16 bits per heavy atom. The van der Waals surface area contributed by atoms with Crippen LogP contribution in [0.1, 0.15) is 31.9 Å². The highest BCUT2D eigenvalue weighted by Gasteiger charge is 2.00. The quantitative estimate of drug-likeness (QED) is 0.703. The van der Waals surface area contributed by atoms with E-state index in [-0.39, 0.29) is 0 Å². The maximum atomic E-state index is 4.20. The summed E-state index contributed by atoms with van der Waals surface area (Å²) in [6, 6.07) is 0. The largest absolute Gasteiger partial charge is 0.337 e. The van der Waals surface area contributed by atoms with Gasteiger partial charge < -0.3 is 14.5 Å². The Bertz CT molecular complexity index is 446. The van der Waals surface area contributed by atoms with Crippen LogP contribution in [0.4, 0.5) is 0 Å². The van der Waals surface area contributed by atoms with Gasteiger partial charge in [0.2, 0.25) is 0 Å². The maximum absolute atomic E-state index is 4.20. The second kappa shape index (κ2) is 7.74. The molecule has 0 radical (unpaired) electrons. The molecule has 104 valence electrons. The van der Waals surface area contributed by atoms with Gasteiger partial charge in [-0.3, -0.25) is 0 Å². The van der Waals surface area contributed by atoms with Crippen LogP contribution in [0, 0.1) is 0 Å². The van der Waals surface area contributed by atoms with Crippen LogP contribution < -0.4 is 5.32 Å². The van der Waals surface area contributed by atoms with Gasteiger partial charge in [0, 0.05) is 38.2 Å². The van der Waals surface area contributed by atoms with Crippen LogP contribution in [0.5, 0.6) is 0 Å². The van der Waals surface area contributed by atoms with Crippen LogP contribution in [0.25, 0.3) is 0 Å². The van der Waals surface area contributed by atoms with Gasteiger partial charge in [0.1, 0.15) is 0 Å². The summed E-state index contributed by atoms with van der Waals surface area (Å²) in [7, 11) is 0. The molecular weight excluding hydrogens is 238 g/mol. The Labute approximate surface area is 114 Å². The lowest BCUT2D eigenvalue weighted by molar-refractivity contribution is 0.551. The molecule has 1 N–H and O–H groups in total. The first-order valence-corrected chi connectivity index (χ1v) is 7.05.